The van der Waals surface area contributed by atoms with E-state index < -0.39 is 11.4 Å². The van der Waals surface area contributed by atoms with E-state index in [0.29, 0.717) is 6.42 Å². The summed E-state index contributed by atoms with van der Waals surface area (Å²) in [7, 11) is 2.22. The van der Waals surface area contributed by atoms with E-state index >= 15 is 0 Å². The minimum Gasteiger partial charge on any atom is -0.368 e. The number of nitrogens with two attached hydrogens (primary N) is 2. The van der Waals surface area contributed by atoms with Crippen LogP contribution in [0.2, 0.25) is 0 Å². The standard InChI is InChI=1S/C15H31N3O/c1-12-7-6-8-13(11-12)18(3)10-5-4-9-15(2,17)14(16)19/h12-13H,4-11,17H2,1-3H3,(H2,16,19). The zero-order chi connectivity index (χ0) is 14.5. The van der Waals surface area contributed by atoms with Crippen molar-refractivity contribution in [1.82, 2.24) is 4.90 Å². The number of carbonyl (C=O) groups excluding carboxylic acids is 1. The van der Waals surface area contributed by atoms with Crippen LogP contribution in [0.3, 0.4) is 0 Å². The number of unbranched alkanes of at least 4 members (excludes halogenated alkanes) is 1. The summed E-state index contributed by atoms with van der Waals surface area (Å²) >= 11 is 0. The third kappa shape index (κ3) is 5.49. The van der Waals surface area contributed by atoms with Gasteiger partial charge in [-0.25, -0.2) is 0 Å². The molecule has 1 aliphatic carbocycles. The number of amides is 1. The molecule has 112 valence electrons. The van der Waals surface area contributed by atoms with Crippen molar-refractivity contribution >= 4 is 5.91 Å². The highest BCUT2D eigenvalue weighted by Crippen LogP contribution is 2.26. The van der Waals surface area contributed by atoms with E-state index in [2.05, 4.69) is 18.9 Å². The normalized spacial score (nSPS) is 27.2. The van der Waals surface area contributed by atoms with Crippen LogP contribution in [0, 0.1) is 5.92 Å². The van der Waals surface area contributed by atoms with Gasteiger partial charge in [0.1, 0.15) is 0 Å². The summed E-state index contributed by atoms with van der Waals surface area (Å²) in [4.78, 5) is 13.6. The van der Waals surface area contributed by atoms with Crippen LogP contribution in [0.1, 0.15) is 58.8 Å². The van der Waals surface area contributed by atoms with Gasteiger partial charge in [-0.15, -0.1) is 0 Å². The maximum Gasteiger partial charge on any atom is 0.237 e. The van der Waals surface area contributed by atoms with Gasteiger partial charge in [0, 0.05) is 6.04 Å². The summed E-state index contributed by atoms with van der Waals surface area (Å²) in [5.74, 6) is 0.463. The van der Waals surface area contributed by atoms with E-state index in [1.807, 2.05) is 0 Å². The molecule has 1 aliphatic rings. The maximum atomic E-state index is 11.1. The Morgan fingerprint density at radius 2 is 2.05 bits per heavy atom. The van der Waals surface area contributed by atoms with Crippen LogP contribution in [0.25, 0.3) is 0 Å². The van der Waals surface area contributed by atoms with Crippen molar-refractivity contribution in [2.75, 3.05) is 13.6 Å². The van der Waals surface area contributed by atoms with Crippen molar-refractivity contribution in [1.29, 1.82) is 0 Å². The third-order valence-electron chi connectivity index (χ3n) is 4.55. The highest BCUT2D eigenvalue weighted by molar-refractivity contribution is 5.83. The predicted octanol–water partition coefficient (Wildman–Crippen LogP) is 1.87. The highest BCUT2D eigenvalue weighted by atomic mass is 16.1. The fourth-order valence-electron chi connectivity index (χ4n) is 2.96. The van der Waals surface area contributed by atoms with E-state index in [9.17, 15) is 4.79 Å². The molecule has 0 aromatic heterocycles. The number of carbonyl (C=O) groups is 1. The number of hydrogen-bond acceptors (Lipinski definition) is 3. The molecule has 4 N–H and O–H groups in total. The van der Waals surface area contributed by atoms with E-state index in [-0.39, 0.29) is 0 Å². The van der Waals surface area contributed by atoms with Crippen LogP contribution in [-0.4, -0.2) is 36.0 Å². The summed E-state index contributed by atoms with van der Waals surface area (Å²) in [6.07, 6.45) is 8.12. The topological polar surface area (TPSA) is 72.3 Å². The van der Waals surface area contributed by atoms with Crippen molar-refractivity contribution in [3.8, 4) is 0 Å². The van der Waals surface area contributed by atoms with Crippen molar-refractivity contribution in [2.24, 2.45) is 17.4 Å². The summed E-state index contributed by atoms with van der Waals surface area (Å²) in [6.45, 7) is 5.17. The molecule has 0 radical (unpaired) electrons. The Hall–Kier alpha value is -0.610. The van der Waals surface area contributed by atoms with Crippen LogP contribution in [0.15, 0.2) is 0 Å². The minimum absolute atomic E-state index is 0.401. The smallest absolute Gasteiger partial charge is 0.237 e. The molecule has 1 fully saturated rings. The molecule has 4 nitrogen and oxygen atoms in total. The van der Waals surface area contributed by atoms with Gasteiger partial charge in [-0.05, 0) is 58.5 Å². The van der Waals surface area contributed by atoms with Gasteiger partial charge in [0.15, 0.2) is 0 Å². The zero-order valence-corrected chi connectivity index (χ0v) is 12.8. The van der Waals surface area contributed by atoms with Gasteiger partial charge in [0.2, 0.25) is 5.91 Å². The molecule has 3 atom stereocenters. The Balaban J connectivity index is 2.20. The Labute approximate surface area is 117 Å². The lowest BCUT2D eigenvalue weighted by Gasteiger charge is -2.34. The summed E-state index contributed by atoms with van der Waals surface area (Å²) in [5, 5.41) is 0. The summed E-state index contributed by atoms with van der Waals surface area (Å²) in [5.41, 5.74) is 10.3. The van der Waals surface area contributed by atoms with Crippen molar-refractivity contribution in [2.45, 2.75) is 70.4 Å². The number of nitrogens with zero attached hydrogens (tertiary/aromatic N) is 1. The first-order valence-electron chi connectivity index (χ1n) is 7.62. The molecule has 0 aromatic rings. The molecular formula is C15H31N3O. The average Bonchev–Trinajstić information content (AvgIpc) is 2.34. The molecule has 0 heterocycles. The second-order valence-corrected chi connectivity index (χ2v) is 6.65. The maximum absolute atomic E-state index is 11.1. The molecule has 0 bridgehead atoms. The lowest BCUT2D eigenvalue weighted by atomic mass is 9.86. The lowest BCUT2D eigenvalue weighted by molar-refractivity contribution is -0.122. The summed E-state index contributed by atoms with van der Waals surface area (Å²) < 4.78 is 0. The van der Waals surface area contributed by atoms with Gasteiger partial charge in [-0.3, -0.25) is 4.79 Å². The fraction of sp³-hybridized carbons (Fsp3) is 0.933. The molecule has 1 saturated carbocycles. The van der Waals surface area contributed by atoms with Crippen LogP contribution in [0.4, 0.5) is 0 Å². The van der Waals surface area contributed by atoms with Crippen LogP contribution >= 0.6 is 0 Å². The zero-order valence-electron chi connectivity index (χ0n) is 12.8. The van der Waals surface area contributed by atoms with E-state index in [4.69, 9.17) is 11.5 Å². The van der Waals surface area contributed by atoms with Gasteiger partial charge < -0.3 is 16.4 Å². The molecule has 0 saturated heterocycles. The summed E-state index contributed by atoms with van der Waals surface area (Å²) in [6, 6.07) is 0.740. The average molecular weight is 269 g/mol. The van der Waals surface area contributed by atoms with Gasteiger partial charge in [0.05, 0.1) is 5.54 Å². The second-order valence-electron chi connectivity index (χ2n) is 6.65. The largest absolute Gasteiger partial charge is 0.368 e. The Morgan fingerprint density at radius 3 is 2.63 bits per heavy atom. The monoisotopic (exact) mass is 269 g/mol. The van der Waals surface area contributed by atoms with Gasteiger partial charge in [0.25, 0.3) is 0 Å². The van der Waals surface area contributed by atoms with Crippen LogP contribution in [-0.2, 0) is 4.79 Å². The number of primary amides is 1. The van der Waals surface area contributed by atoms with Gasteiger partial charge >= 0.3 is 0 Å². The molecule has 4 heteroatoms. The van der Waals surface area contributed by atoms with E-state index in [0.717, 1.165) is 31.3 Å². The molecule has 1 amide bonds. The first-order chi connectivity index (χ1) is 8.83. The molecule has 0 spiro atoms. The lowest BCUT2D eigenvalue weighted by Crippen LogP contribution is -2.49. The number of hydrogen-bond donors (Lipinski definition) is 2. The minimum atomic E-state index is -0.849. The van der Waals surface area contributed by atoms with Crippen molar-refractivity contribution in [3.05, 3.63) is 0 Å². The quantitative estimate of drug-likeness (QED) is 0.693. The Morgan fingerprint density at radius 1 is 1.37 bits per heavy atom. The highest BCUT2D eigenvalue weighted by Gasteiger charge is 2.25. The SMILES string of the molecule is CC1CCCC(N(C)CCCCC(C)(N)C(N)=O)C1. The molecule has 3 unspecified atom stereocenters. The Kier molecular flexibility index (Phi) is 6.27. The number of rotatable bonds is 7. The van der Waals surface area contributed by atoms with E-state index in [1.165, 1.54) is 25.7 Å². The van der Waals surface area contributed by atoms with Crippen molar-refractivity contribution in [3.63, 3.8) is 0 Å². The van der Waals surface area contributed by atoms with E-state index in [1.54, 1.807) is 6.92 Å². The molecule has 1 rings (SSSR count). The van der Waals surface area contributed by atoms with Gasteiger partial charge in [-0.1, -0.05) is 19.8 Å². The fourth-order valence-corrected chi connectivity index (χ4v) is 2.96. The van der Waals surface area contributed by atoms with Crippen molar-refractivity contribution < 1.29 is 4.79 Å². The molecule has 19 heavy (non-hydrogen) atoms. The first-order valence-corrected chi connectivity index (χ1v) is 7.62. The van der Waals surface area contributed by atoms with Crippen LogP contribution < -0.4 is 11.5 Å². The second kappa shape index (κ2) is 7.25. The molecular weight excluding hydrogens is 238 g/mol. The Bertz CT molecular complexity index is 291. The molecule has 0 aromatic carbocycles. The molecule has 0 aliphatic heterocycles. The van der Waals surface area contributed by atoms with Crippen LogP contribution in [0.5, 0.6) is 0 Å². The van der Waals surface area contributed by atoms with Gasteiger partial charge in [-0.2, -0.15) is 0 Å². The third-order valence-corrected chi connectivity index (χ3v) is 4.55. The first kappa shape index (κ1) is 16.4. The predicted molar refractivity (Wildman–Crippen MR) is 79.7 cm³/mol.